The van der Waals surface area contributed by atoms with Gasteiger partial charge in [0, 0.05) is 22.3 Å². The number of ether oxygens (including phenoxy) is 1. The molecule has 0 unspecified atom stereocenters. The second-order valence-electron chi connectivity index (χ2n) is 7.29. The minimum Gasteiger partial charge on any atom is -0.457 e. The van der Waals surface area contributed by atoms with Gasteiger partial charge in [-0.05, 0) is 47.5 Å². The summed E-state index contributed by atoms with van der Waals surface area (Å²) >= 11 is 0. The third kappa shape index (κ3) is 2.54. The number of rotatable bonds is 2. The van der Waals surface area contributed by atoms with E-state index in [9.17, 15) is 0 Å². The van der Waals surface area contributed by atoms with Gasteiger partial charge in [0.1, 0.15) is 11.5 Å². The molecule has 0 N–H and O–H groups in total. The van der Waals surface area contributed by atoms with Crippen LogP contribution in [0.3, 0.4) is 0 Å². The van der Waals surface area contributed by atoms with E-state index in [1.54, 1.807) is 0 Å². The lowest BCUT2D eigenvalue weighted by Gasteiger charge is -2.41. The van der Waals surface area contributed by atoms with Crippen molar-refractivity contribution < 1.29 is 4.74 Å². The van der Waals surface area contributed by atoms with Crippen LogP contribution in [0.2, 0.25) is 0 Å². The number of para-hydroxylation sites is 2. The highest BCUT2D eigenvalue weighted by Crippen LogP contribution is 2.55. The van der Waals surface area contributed by atoms with E-state index in [0.717, 1.165) is 44.9 Å². The van der Waals surface area contributed by atoms with Gasteiger partial charge in [0.05, 0.1) is 5.41 Å². The van der Waals surface area contributed by atoms with Crippen LogP contribution in [0.4, 0.5) is 0 Å². The van der Waals surface area contributed by atoms with Crippen molar-refractivity contribution in [2.45, 2.75) is 5.41 Å². The average Bonchev–Trinajstić information content (AvgIpc) is 2.83. The van der Waals surface area contributed by atoms with E-state index in [2.05, 4.69) is 60.4 Å². The van der Waals surface area contributed by atoms with Crippen LogP contribution in [0.5, 0.6) is 11.5 Å². The maximum atomic E-state index is 6.30. The largest absolute Gasteiger partial charge is 0.457 e. The lowest BCUT2D eigenvalue weighted by Crippen LogP contribution is -2.34. The molecular formula is C29H18O. The van der Waals surface area contributed by atoms with Crippen LogP contribution in [0.15, 0.2) is 97.1 Å². The monoisotopic (exact) mass is 382 g/mol. The molecule has 0 bridgehead atoms. The Hall–Kier alpha value is -4.20. The standard InChI is InChI=1S/C29H18O/c1-3-21-13-17-23(18-14-21)29(24-19-15-22(4-2)16-20-24)25-9-5-7-11-27(25)30-28-12-8-6-10-26(28)29/h1-2,5-20H. The summed E-state index contributed by atoms with van der Waals surface area (Å²) in [6, 6.07) is 32.8. The molecule has 0 amide bonds. The minimum absolute atomic E-state index is 0.550. The Morgan fingerprint density at radius 3 is 1.33 bits per heavy atom. The number of benzene rings is 4. The van der Waals surface area contributed by atoms with Gasteiger partial charge in [0.2, 0.25) is 0 Å². The van der Waals surface area contributed by atoms with Crippen molar-refractivity contribution in [2.75, 3.05) is 0 Å². The Morgan fingerprint density at radius 2 is 0.933 bits per heavy atom. The van der Waals surface area contributed by atoms with Gasteiger partial charge in [-0.3, -0.25) is 0 Å². The van der Waals surface area contributed by atoms with Crippen LogP contribution in [-0.2, 0) is 5.41 Å². The molecule has 0 saturated heterocycles. The predicted octanol–water partition coefficient (Wildman–Crippen LogP) is 6.14. The van der Waals surface area contributed by atoms with Crippen LogP contribution in [0, 0.1) is 24.7 Å². The zero-order valence-corrected chi connectivity index (χ0v) is 16.3. The molecule has 30 heavy (non-hydrogen) atoms. The maximum Gasteiger partial charge on any atom is 0.132 e. The van der Waals surface area contributed by atoms with Crippen molar-refractivity contribution in [3.63, 3.8) is 0 Å². The van der Waals surface area contributed by atoms with Crippen LogP contribution in [-0.4, -0.2) is 0 Å². The molecule has 4 aromatic carbocycles. The Bertz CT molecular complexity index is 1210. The van der Waals surface area contributed by atoms with Gasteiger partial charge in [-0.2, -0.15) is 0 Å². The lowest BCUT2D eigenvalue weighted by atomic mass is 9.63. The van der Waals surface area contributed by atoms with Gasteiger partial charge >= 0.3 is 0 Å². The summed E-state index contributed by atoms with van der Waals surface area (Å²) in [6.45, 7) is 0. The van der Waals surface area contributed by atoms with Crippen molar-refractivity contribution in [3.05, 3.63) is 130 Å². The molecule has 0 aliphatic carbocycles. The fourth-order valence-corrected chi connectivity index (χ4v) is 4.42. The molecule has 0 atom stereocenters. The van der Waals surface area contributed by atoms with Gasteiger partial charge in [-0.15, -0.1) is 12.8 Å². The van der Waals surface area contributed by atoms with Crippen LogP contribution < -0.4 is 4.74 Å². The van der Waals surface area contributed by atoms with E-state index >= 15 is 0 Å². The summed E-state index contributed by atoms with van der Waals surface area (Å²) in [5.41, 5.74) is 5.58. The topological polar surface area (TPSA) is 9.23 Å². The Balaban J connectivity index is 1.92. The SMILES string of the molecule is C#Cc1ccc(C2(c3ccc(C#C)cc3)c3ccccc3Oc3ccccc32)cc1. The van der Waals surface area contributed by atoms with E-state index < -0.39 is 5.41 Å². The van der Waals surface area contributed by atoms with Gasteiger partial charge in [-0.1, -0.05) is 72.5 Å². The Morgan fingerprint density at radius 1 is 0.533 bits per heavy atom. The molecule has 1 heteroatoms. The first-order valence-corrected chi connectivity index (χ1v) is 9.78. The highest BCUT2D eigenvalue weighted by Gasteiger charge is 2.45. The minimum atomic E-state index is -0.550. The second kappa shape index (κ2) is 7.00. The van der Waals surface area contributed by atoms with Crippen molar-refractivity contribution in [2.24, 2.45) is 0 Å². The van der Waals surface area contributed by atoms with Crippen LogP contribution in [0.25, 0.3) is 0 Å². The summed E-state index contributed by atoms with van der Waals surface area (Å²) in [5.74, 6) is 7.12. The quantitative estimate of drug-likeness (QED) is 0.333. The van der Waals surface area contributed by atoms with E-state index in [0.29, 0.717) is 0 Å². The zero-order valence-electron chi connectivity index (χ0n) is 16.3. The second-order valence-corrected chi connectivity index (χ2v) is 7.29. The molecule has 1 heterocycles. The summed E-state index contributed by atoms with van der Waals surface area (Å²) < 4.78 is 6.30. The Labute approximate surface area is 177 Å². The van der Waals surface area contributed by atoms with E-state index in [1.807, 2.05) is 48.5 Å². The fraction of sp³-hybridized carbons (Fsp3) is 0.0345. The van der Waals surface area contributed by atoms with E-state index in [-0.39, 0.29) is 0 Å². The first kappa shape index (κ1) is 17.9. The highest BCUT2D eigenvalue weighted by atomic mass is 16.5. The summed E-state index contributed by atoms with van der Waals surface area (Å²) in [5, 5.41) is 0. The normalized spacial score (nSPS) is 13.1. The number of hydrogen-bond donors (Lipinski definition) is 0. The third-order valence-corrected chi connectivity index (χ3v) is 5.77. The molecular weight excluding hydrogens is 364 g/mol. The molecule has 5 rings (SSSR count). The fourth-order valence-electron chi connectivity index (χ4n) is 4.42. The molecule has 0 saturated carbocycles. The molecule has 140 valence electrons. The molecule has 0 fully saturated rings. The van der Waals surface area contributed by atoms with Crippen molar-refractivity contribution in [1.82, 2.24) is 0 Å². The van der Waals surface area contributed by atoms with Crippen molar-refractivity contribution >= 4 is 0 Å². The highest BCUT2D eigenvalue weighted by molar-refractivity contribution is 5.69. The first-order chi connectivity index (χ1) is 14.8. The van der Waals surface area contributed by atoms with Crippen molar-refractivity contribution in [3.8, 4) is 36.2 Å². The van der Waals surface area contributed by atoms with Gasteiger partial charge < -0.3 is 4.74 Å². The Kier molecular flexibility index (Phi) is 4.17. The summed E-state index contributed by atoms with van der Waals surface area (Å²) in [4.78, 5) is 0. The number of terminal acetylenes is 2. The van der Waals surface area contributed by atoms with Gasteiger partial charge in [-0.25, -0.2) is 0 Å². The van der Waals surface area contributed by atoms with E-state index in [1.165, 1.54) is 0 Å². The summed E-state index contributed by atoms with van der Waals surface area (Å²) in [7, 11) is 0. The maximum absolute atomic E-state index is 6.30. The number of hydrogen-bond acceptors (Lipinski definition) is 1. The average molecular weight is 382 g/mol. The van der Waals surface area contributed by atoms with E-state index in [4.69, 9.17) is 17.6 Å². The number of fused-ring (bicyclic) bond motifs is 2. The molecule has 0 radical (unpaired) electrons. The molecule has 4 aromatic rings. The van der Waals surface area contributed by atoms with Crippen LogP contribution in [0.1, 0.15) is 33.4 Å². The van der Waals surface area contributed by atoms with Gasteiger partial charge in [0.25, 0.3) is 0 Å². The molecule has 1 aliphatic rings. The third-order valence-electron chi connectivity index (χ3n) is 5.77. The molecule has 1 aliphatic heterocycles. The molecule has 0 aromatic heterocycles. The zero-order chi connectivity index (χ0) is 20.6. The smallest absolute Gasteiger partial charge is 0.132 e. The summed E-state index contributed by atoms with van der Waals surface area (Å²) in [6.07, 6.45) is 11.2. The van der Waals surface area contributed by atoms with Crippen molar-refractivity contribution in [1.29, 1.82) is 0 Å². The molecule has 1 nitrogen and oxygen atoms in total. The lowest BCUT2D eigenvalue weighted by molar-refractivity contribution is 0.434. The van der Waals surface area contributed by atoms with Gasteiger partial charge in [0.15, 0.2) is 0 Å². The predicted molar refractivity (Wildman–Crippen MR) is 121 cm³/mol. The molecule has 0 spiro atoms. The van der Waals surface area contributed by atoms with Crippen LogP contribution >= 0.6 is 0 Å². The first-order valence-electron chi connectivity index (χ1n) is 9.78.